The van der Waals surface area contributed by atoms with Crippen molar-refractivity contribution in [2.24, 2.45) is 16.5 Å². The summed E-state index contributed by atoms with van der Waals surface area (Å²) in [5.74, 6) is -0.898. The van der Waals surface area contributed by atoms with Gasteiger partial charge in [-0.05, 0) is 17.5 Å². The number of carbonyl (C=O) groups is 1. The first-order valence-electron chi connectivity index (χ1n) is 6.39. The van der Waals surface area contributed by atoms with Crippen LogP contribution in [-0.4, -0.2) is 11.9 Å². The maximum atomic E-state index is 12.2. The van der Waals surface area contributed by atoms with Crippen molar-refractivity contribution in [3.05, 3.63) is 71.8 Å². The fourth-order valence-corrected chi connectivity index (χ4v) is 2.09. The summed E-state index contributed by atoms with van der Waals surface area (Å²) in [4.78, 5) is 15.9. The van der Waals surface area contributed by atoms with Crippen LogP contribution in [-0.2, 0) is 11.2 Å². The van der Waals surface area contributed by atoms with Gasteiger partial charge < -0.3 is 11.5 Å². The number of nitrogens with two attached hydrogens (primary N) is 2. The van der Waals surface area contributed by atoms with Crippen molar-refractivity contribution < 1.29 is 4.79 Å². The second-order valence-corrected chi connectivity index (χ2v) is 4.53. The molecule has 110 valence electrons. The highest BCUT2D eigenvalue weighted by atomic mass is 35.5. The lowest BCUT2D eigenvalue weighted by Crippen LogP contribution is -2.26. The van der Waals surface area contributed by atoms with E-state index in [0.29, 0.717) is 6.42 Å². The Morgan fingerprint density at radius 1 is 0.952 bits per heavy atom. The Labute approximate surface area is 130 Å². The maximum Gasteiger partial charge on any atom is 0.256 e. The number of halogens is 1. The first kappa shape index (κ1) is 16.7. The number of nitrogens with zero attached hydrogens (tertiary/aromatic N) is 1. The molecule has 0 fully saturated rings. The van der Waals surface area contributed by atoms with E-state index in [0.717, 1.165) is 11.1 Å². The van der Waals surface area contributed by atoms with Crippen molar-refractivity contribution in [1.82, 2.24) is 0 Å². The number of rotatable bonds is 4. The summed E-state index contributed by atoms with van der Waals surface area (Å²) in [5, 5.41) is 0. The lowest BCUT2D eigenvalue weighted by atomic mass is 9.91. The van der Waals surface area contributed by atoms with Gasteiger partial charge in [-0.2, -0.15) is 4.99 Å². The minimum Gasteiger partial charge on any atom is -0.370 e. The molecule has 0 aliphatic rings. The van der Waals surface area contributed by atoms with E-state index in [1.807, 2.05) is 60.7 Å². The Hall–Kier alpha value is -2.33. The third kappa shape index (κ3) is 4.93. The molecule has 1 amide bonds. The molecule has 5 heteroatoms. The summed E-state index contributed by atoms with van der Waals surface area (Å²) in [6.07, 6.45) is 0.570. The summed E-state index contributed by atoms with van der Waals surface area (Å²) < 4.78 is 0. The largest absolute Gasteiger partial charge is 0.370 e. The summed E-state index contributed by atoms with van der Waals surface area (Å²) in [7, 11) is 0. The SMILES string of the molecule is Cl.NC(N)=NC(=O)[C@@H](Cc1ccccc1)c1ccccc1. The van der Waals surface area contributed by atoms with Crippen LogP contribution in [0.1, 0.15) is 17.0 Å². The third-order valence-electron chi connectivity index (χ3n) is 3.02. The Morgan fingerprint density at radius 3 is 2.00 bits per heavy atom. The van der Waals surface area contributed by atoms with Crippen LogP contribution in [0.4, 0.5) is 0 Å². The van der Waals surface area contributed by atoms with Crippen LogP contribution in [0, 0.1) is 0 Å². The molecule has 0 saturated carbocycles. The predicted molar refractivity (Wildman–Crippen MR) is 87.4 cm³/mol. The molecule has 2 aromatic carbocycles. The number of hydrogen-bond acceptors (Lipinski definition) is 1. The van der Waals surface area contributed by atoms with Crippen LogP contribution in [0.15, 0.2) is 65.7 Å². The lowest BCUT2D eigenvalue weighted by molar-refractivity contribution is -0.119. The van der Waals surface area contributed by atoms with Gasteiger partial charge in [0.25, 0.3) is 5.91 Å². The maximum absolute atomic E-state index is 12.2. The molecular formula is C16H18ClN3O. The van der Waals surface area contributed by atoms with Crippen molar-refractivity contribution in [2.45, 2.75) is 12.3 Å². The monoisotopic (exact) mass is 303 g/mol. The van der Waals surface area contributed by atoms with Crippen molar-refractivity contribution in [3.8, 4) is 0 Å². The number of carbonyl (C=O) groups excluding carboxylic acids is 1. The van der Waals surface area contributed by atoms with E-state index in [4.69, 9.17) is 11.5 Å². The van der Waals surface area contributed by atoms with Crippen LogP contribution in [0.3, 0.4) is 0 Å². The van der Waals surface area contributed by atoms with Gasteiger partial charge in [0.1, 0.15) is 0 Å². The smallest absolute Gasteiger partial charge is 0.256 e. The van der Waals surface area contributed by atoms with E-state index >= 15 is 0 Å². The summed E-state index contributed by atoms with van der Waals surface area (Å²) in [6.45, 7) is 0. The highest BCUT2D eigenvalue weighted by molar-refractivity contribution is 5.95. The summed E-state index contributed by atoms with van der Waals surface area (Å²) in [6, 6.07) is 19.3. The van der Waals surface area contributed by atoms with E-state index in [-0.39, 0.29) is 30.2 Å². The average Bonchev–Trinajstić information content (AvgIpc) is 2.46. The number of amides is 1. The number of guanidine groups is 1. The van der Waals surface area contributed by atoms with Gasteiger partial charge in [0, 0.05) is 0 Å². The Balaban J connectivity index is 0.00000220. The molecule has 0 bridgehead atoms. The van der Waals surface area contributed by atoms with E-state index in [9.17, 15) is 4.79 Å². The fourth-order valence-electron chi connectivity index (χ4n) is 2.09. The molecule has 0 heterocycles. The quantitative estimate of drug-likeness (QED) is 0.671. The Morgan fingerprint density at radius 2 is 1.48 bits per heavy atom. The predicted octanol–water partition coefficient (Wildman–Crippen LogP) is 2.23. The Bertz CT molecular complexity index is 595. The highest BCUT2D eigenvalue weighted by Crippen LogP contribution is 2.22. The molecular weight excluding hydrogens is 286 g/mol. The van der Waals surface area contributed by atoms with Crippen molar-refractivity contribution in [1.29, 1.82) is 0 Å². The van der Waals surface area contributed by atoms with Gasteiger partial charge in [0.15, 0.2) is 5.96 Å². The average molecular weight is 304 g/mol. The first-order valence-corrected chi connectivity index (χ1v) is 6.39. The molecule has 1 atom stereocenters. The van der Waals surface area contributed by atoms with E-state index < -0.39 is 0 Å². The molecule has 0 aromatic heterocycles. The minimum absolute atomic E-state index is 0. The molecule has 0 unspecified atom stereocenters. The molecule has 0 aliphatic heterocycles. The number of hydrogen-bond donors (Lipinski definition) is 2. The molecule has 2 aromatic rings. The van der Waals surface area contributed by atoms with E-state index in [1.54, 1.807) is 0 Å². The van der Waals surface area contributed by atoms with Gasteiger partial charge >= 0.3 is 0 Å². The molecule has 0 spiro atoms. The van der Waals surface area contributed by atoms with Gasteiger partial charge in [-0.1, -0.05) is 60.7 Å². The summed E-state index contributed by atoms with van der Waals surface area (Å²) >= 11 is 0. The van der Waals surface area contributed by atoms with Gasteiger partial charge in [0.05, 0.1) is 5.92 Å². The molecule has 0 saturated heterocycles. The third-order valence-corrected chi connectivity index (χ3v) is 3.02. The fraction of sp³-hybridized carbons (Fsp3) is 0.125. The second kappa shape index (κ2) is 8.07. The van der Waals surface area contributed by atoms with Crippen LogP contribution in [0.25, 0.3) is 0 Å². The zero-order valence-electron chi connectivity index (χ0n) is 11.5. The van der Waals surface area contributed by atoms with Gasteiger partial charge in [0.2, 0.25) is 0 Å². The van der Waals surface area contributed by atoms with E-state index in [1.165, 1.54) is 0 Å². The van der Waals surface area contributed by atoms with Crippen LogP contribution < -0.4 is 11.5 Å². The van der Waals surface area contributed by atoms with E-state index in [2.05, 4.69) is 4.99 Å². The summed E-state index contributed by atoms with van der Waals surface area (Å²) in [5.41, 5.74) is 12.6. The molecule has 0 radical (unpaired) electrons. The van der Waals surface area contributed by atoms with Gasteiger partial charge in [-0.25, -0.2) is 0 Å². The molecule has 21 heavy (non-hydrogen) atoms. The van der Waals surface area contributed by atoms with Gasteiger partial charge in [-0.15, -0.1) is 12.4 Å². The first-order chi connectivity index (χ1) is 9.66. The molecule has 2 rings (SSSR count). The minimum atomic E-state index is -0.374. The van der Waals surface area contributed by atoms with Crippen LogP contribution in [0.5, 0.6) is 0 Å². The lowest BCUT2D eigenvalue weighted by Gasteiger charge is -2.14. The zero-order valence-corrected chi connectivity index (χ0v) is 12.3. The van der Waals surface area contributed by atoms with Crippen molar-refractivity contribution in [2.75, 3.05) is 0 Å². The normalized spacial score (nSPS) is 11.0. The van der Waals surface area contributed by atoms with Crippen molar-refractivity contribution >= 4 is 24.3 Å². The van der Waals surface area contributed by atoms with Crippen LogP contribution in [0.2, 0.25) is 0 Å². The van der Waals surface area contributed by atoms with Crippen molar-refractivity contribution in [3.63, 3.8) is 0 Å². The molecule has 4 nitrogen and oxygen atoms in total. The van der Waals surface area contributed by atoms with Gasteiger partial charge in [-0.3, -0.25) is 4.79 Å². The number of aliphatic imine (C=N–C) groups is 1. The Kier molecular flexibility index (Phi) is 6.43. The molecule has 0 aliphatic carbocycles. The standard InChI is InChI=1S/C16H17N3O.ClH/c17-16(18)19-15(20)14(13-9-5-2-6-10-13)11-12-7-3-1-4-8-12;/h1-10,14H,11H2,(H4,17,18,19,20);1H/t14-;/m0./s1. The molecule has 4 N–H and O–H groups in total. The second-order valence-electron chi connectivity index (χ2n) is 4.53. The zero-order chi connectivity index (χ0) is 14.4. The number of benzene rings is 2. The highest BCUT2D eigenvalue weighted by Gasteiger charge is 2.20. The topological polar surface area (TPSA) is 81.5 Å². The van der Waals surface area contributed by atoms with Crippen LogP contribution >= 0.6 is 12.4 Å².